The third-order valence-corrected chi connectivity index (χ3v) is 4.62. The van der Waals surface area contributed by atoms with E-state index < -0.39 is 0 Å². The molecule has 1 fully saturated rings. The molecular weight excluding hydrogens is 284 g/mol. The van der Waals surface area contributed by atoms with Crippen LogP contribution in [-0.4, -0.2) is 16.1 Å². The van der Waals surface area contributed by atoms with E-state index in [9.17, 15) is 0 Å². The number of ether oxygens (including phenoxy) is 1. The number of hydrogen-bond acceptors (Lipinski definition) is 3. The molecule has 1 aromatic rings. The largest absolute Gasteiger partial charge is 0.474 e. The summed E-state index contributed by atoms with van der Waals surface area (Å²) in [6, 6.07) is 1.75. The van der Waals surface area contributed by atoms with E-state index >= 15 is 0 Å². The fourth-order valence-electron chi connectivity index (χ4n) is 3.24. The zero-order valence-corrected chi connectivity index (χ0v) is 14.4. The predicted molar refractivity (Wildman–Crippen MR) is 86.8 cm³/mol. The van der Waals surface area contributed by atoms with Gasteiger partial charge in [-0.15, -0.1) is 0 Å². The van der Waals surface area contributed by atoms with Gasteiger partial charge >= 0.3 is 0 Å². The van der Waals surface area contributed by atoms with Gasteiger partial charge < -0.3 is 4.74 Å². The molecule has 3 nitrogen and oxygen atoms in total. The van der Waals surface area contributed by atoms with Crippen molar-refractivity contribution in [1.82, 2.24) is 9.97 Å². The summed E-state index contributed by atoms with van der Waals surface area (Å²) in [6.07, 6.45) is 5.74. The minimum Gasteiger partial charge on any atom is -0.474 e. The van der Waals surface area contributed by atoms with E-state index in [0.29, 0.717) is 22.9 Å². The number of aryl methyl sites for hydroxylation is 1. The SMILES string of the molecule is CCCc1nc(Cl)cc(OC2CC(C)CCC2C(C)C)n1. The van der Waals surface area contributed by atoms with Crippen LogP contribution in [0.25, 0.3) is 0 Å². The standard InChI is InChI=1S/C17H27ClN2O/c1-5-6-16-19-15(18)10-17(20-16)21-14-9-12(4)7-8-13(14)11(2)3/h10-14H,5-9H2,1-4H3. The van der Waals surface area contributed by atoms with Gasteiger partial charge in [-0.2, -0.15) is 4.98 Å². The van der Waals surface area contributed by atoms with Crippen LogP contribution in [0, 0.1) is 17.8 Å². The van der Waals surface area contributed by atoms with Crippen LogP contribution in [0.5, 0.6) is 5.88 Å². The first-order valence-electron chi connectivity index (χ1n) is 8.19. The van der Waals surface area contributed by atoms with Gasteiger partial charge in [0.1, 0.15) is 17.1 Å². The molecule has 3 unspecified atom stereocenters. The molecule has 0 saturated heterocycles. The molecule has 1 aliphatic carbocycles. The average molecular weight is 311 g/mol. The highest BCUT2D eigenvalue weighted by Crippen LogP contribution is 2.35. The van der Waals surface area contributed by atoms with E-state index in [1.807, 2.05) is 0 Å². The normalized spacial score (nSPS) is 26.1. The lowest BCUT2D eigenvalue weighted by Crippen LogP contribution is -2.36. The second-order valence-corrected chi connectivity index (χ2v) is 7.06. The molecule has 0 amide bonds. The van der Waals surface area contributed by atoms with Crippen LogP contribution in [0.1, 0.15) is 59.2 Å². The van der Waals surface area contributed by atoms with E-state index in [2.05, 4.69) is 37.7 Å². The predicted octanol–water partition coefficient (Wildman–Crippen LogP) is 4.92. The maximum atomic E-state index is 6.23. The maximum Gasteiger partial charge on any atom is 0.218 e. The molecule has 0 aliphatic heterocycles. The van der Waals surface area contributed by atoms with Gasteiger partial charge in [0, 0.05) is 12.5 Å². The van der Waals surface area contributed by atoms with Crippen molar-refractivity contribution in [1.29, 1.82) is 0 Å². The summed E-state index contributed by atoms with van der Waals surface area (Å²) in [5, 5.41) is 0.480. The lowest BCUT2D eigenvalue weighted by Gasteiger charge is -2.37. The number of halogens is 1. The molecule has 4 heteroatoms. The highest BCUT2D eigenvalue weighted by molar-refractivity contribution is 6.29. The molecule has 118 valence electrons. The van der Waals surface area contributed by atoms with Crippen LogP contribution in [0.3, 0.4) is 0 Å². The van der Waals surface area contributed by atoms with Gasteiger partial charge in [0.05, 0.1) is 0 Å². The molecule has 21 heavy (non-hydrogen) atoms. The molecule has 0 spiro atoms. The topological polar surface area (TPSA) is 35.0 Å². The Labute approximate surface area is 133 Å². The molecular formula is C17H27ClN2O. The summed E-state index contributed by atoms with van der Waals surface area (Å²) in [4.78, 5) is 8.78. The van der Waals surface area contributed by atoms with Crippen LogP contribution in [-0.2, 0) is 6.42 Å². The van der Waals surface area contributed by atoms with Crippen molar-refractivity contribution in [2.75, 3.05) is 0 Å². The van der Waals surface area contributed by atoms with Crippen molar-refractivity contribution in [2.45, 2.75) is 65.9 Å². The van der Waals surface area contributed by atoms with Gasteiger partial charge in [-0.3, -0.25) is 0 Å². The van der Waals surface area contributed by atoms with Crippen molar-refractivity contribution < 1.29 is 4.74 Å². The van der Waals surface area contributed by atoms with E-state index in [1.54, 1.807) is 6.07 Å². The maximum absolute atomic E-state index is 6.23. The first-order chi connectivity index (χ1) is 9.99. The molecule has 0 aromatic carbocycles. The van der Waals surface area contributed by atoms with Crippen LogP contribution in [0.15, 0.2) is 6.07 Å². The lowest BCUT2D eigenvalue weighted by atomic mass is 9.75. The Morgan fingerprint density at radius 1 is 1.33 bits per heavy atom. The monoisotopic (exact) mass is 310 g/mol. The van der Waals surface area contributed by atoms with Crippen molar-refractivity contribution >= 4 is 11.6 Å². The Morgan fingerprint density at radius 3 is 2.76 bits per heavy atom. The summed E-state index contributed by atoms with van der Waals surface area (Å²) < 4.78 is 6.23. The minimum absolute atomic E-state index is 0.245. The van der Waals surface area contributed by atoms with E-state index in [0.717, 1.165) is 31.0 Å². The molecule has 1 aromatic heterocycles. The minimum atomic E-state index is 0.245. The zero-order valence-electron chi connectivity index (χ0n) is 13.6. The Kier molecular flexibility index (Phi) is 5.86. The third kappa shape index (κ3) is 4.57. The lowest BCUT2D eigenvalue weighted by molar-refractivity contribution is 0.0424. The first kappa shape index (κ1) is 16.5. The second kappa shape index (κ2) is 7.44. The van der Waals surface area contributed by atoms with Crippen molar-refractivity contribution in [2.24, 2.45) is 17.8 Å². The molecule has 2 rings (SSSR count). The van der Waals surface area contributed by atoms with Crippen molar-refractivity contribution in [3.8, 4) is 5.88 Å². The summed E-state index contributed by atoms with van der Waals surface area (Å²) in [7, 11) is 0. The van der Waals surface area contributed by atoms with Crippen molar-refractivity contribution in [3.05, 3.63) is 17.0 Å². The summed E-state index contributed by atoms with van der Waals surface area (Å²) >= 11 is 6.10. The van der Waals surface area contributed by atoms with Crippen molar-refractivity contribution in [3.63, 3.8) is 0 Å². The van der Waals surface area contributed by atoms with E-state index in [1.165, 1.54) is 12.8 Å². The Morgan fingerprint density at radius 2 is 2.10 bits per heavy atom. The number of aromatic nitrogens is 2. The van der Waals surface area contributed by atoms with Gasteiger partial charge in [-0.1, -0.05) is 45.7 Å². The van der Waals surface area contributed by atoms with Crippen LogP contribution < -0.4 is 4.74 Å². The van der Waals surface area contributed by atoms with Gasteiger partial charge in [-0.05, 0) is 37.0 Å². The molecule has 0 radical (unpaired) electrons. The molecule has 1 aliphatic rings. The fourth-order valence-corrected chi connectivity index (χ4v) is 3.43. The van der Waals surface area contributed by atoms with Gasteiger partial charge in [0.25, 0.3) is 0 Å². The molecule has 0 bridgehead atoms. The third-order valence-electron chi connectivity index (χ3n) is 4.42. The van der Waals surface area contributed by atoms with Crippen LogP contribution in [0.2, 0.25) is 5.15 Å². The quantitative estimate of drug-likeness (QED) is 0.724. The number of rotatable bonds is 5. The molecule has 1 saturated carbocycles. The Bertz CT molecular complexity index is 464. The van der Waals surface area contributed by atoms with Gasteiger partial charge in [0.2, 0.25) is 5.88 Å². The Hall–Kier alpha value is -0.830. The summed E-state index contributed by atoms with van der Waals surface area (Å²) in [6.45, 7) is 8.99. The van der Waals surface area contributed by atoms with E-state index in [4.69, 9.17) is 16.3 Å². The van der Waals surface area contributed by atoms with Gasteiger partial charge in [0.15, 0.2) is 0 Å². The molecule has 0 N–H and O–H groups in total. The highest BCUT2D eigenvalue weighted by Gasteiger charge is 2.32. The Balaban J connectivity index is 2.14. The summed E-state index contributed by atoms with van der Waals surface area (Å²) in [5.74, 6) is 3.38. The van der Waals surface area contributed by atoms with Gasteiger partial charge in [-0.25, -0.2) is 4.98 Å². The number of hydrogen-bond donors (Lipinski definition) is 0. The highest BCUT2D eigenvalue weighted by atomic mass is 35.5. The average Bonchev–Trinajstić information content (AvgIpc) is 2.38. The zero-order chi connectivity index (χ0) is 15.4. The van der Waals surface area contributed by atoms with Crippen LogP contribution >= 0.6 is 11.6 Å². The number of nitrogens with zero attached hydrogens (tertiary/aromatic N) is 2. The smallest absolute Gasteiger partial charge is 0.218 e. The van der Waals surface area contributed by atoms with Crippen LogP contribution in [0.4, 0.5) is 0 Å². The second-order valence-electron chi connectivity index (χ2n) is 6.68. The molecule has 3 atom stereocenters. The summed E-state index contributed by atoms with van der Waals surface area (Å²) in [5.41, 5.74) is 0. The first-order valence-corrected chi connectivity index (χ1v) is 8.57. The molecule has 1 heterocycles. The fraction of sp³-hybridized carbons (Fsp3) is 0.765. The van der Waals surface area contributed by atoms with E-state index in [-0.39, 0.29) is 6.10 Å².